The van der Waals surface area contributed by atoms with Crippen LogP contribution < -0.4 is 0 Å². The summed E-state index contributed by atoms with van der Waals surface area (Å²) in [5, 5.41) is 7.58. The van der Waals surface area contributed by atoms with Crippen LogP contribution in [0, 0.1) is 18.3 Å². The molecule has 130 valence electrons. The van der Waals surface area contributed by atoms with Gasteiger partial charge in [0.1, 0.15) is 5.78 Å². The molecule has 0 saturated heterocycles. The maximum Gasteiger partial charge on any atom is 0.177 e. The van der Waals surface area contributed by atoms with E-state index >= 15 is 0 Å². The summed E-state index contributed by atoms with van der Waals surface area (Å²) in [6.45, 7) is 8.53. The van der Waals surface area contributed by atoms with E-state index in [1.165, 1.54) is 5.56 Å². The second kappa shape index (κ2) is 5.38. The number of ketones is 1. The predicted octanol–water partition coefficient (Wildman–Crippen LogP) is 4.51. The van der Waals surface area contributed by atoms with Gasteiger partial charge in [0.05, 0.1) is 5.92 Å². The van der Waals surface area contributed by atoms with Crippen LogP contribution in [0.4, 0.5) is 5.82 Å². The summed E-state index contributed by atoms with van der Waals surface area (Å²) >= 11 is 0. The summed E-state index contributed by atoms with van der Waals surface area (Å²) in [4.78, 5) is 18.2. The summed E-state index contributed by atoms with van der Waals surface area (Å²) in [6, 6.07) is 10.4. The van der Waals surface area contributed by atoms with Gasteiger partial charge in [-0.2, -0.15) is 5.10 Å². The monoisotopic (exact) mass is 335 g/mol. The van der Waals surface area contributed by atoms with Crippen LogP contribution in [0.2, 0.25) is 0 Å². The lowest BCUT2D eigenvalue weighted by molar-refractivity contribution is -0.125. The molecule has 1 fully saturated rings. The molecule has 0 radical (unpaired) electrons. The average molecular weight is 335 g/mol. The number of aryl methyl sites for hydroxylation is 1. The Hall–Kier alpha value is -2.23. The Bertz CT molecular complexity index is 863. The standard InChI is InChI=1S/C21H25N3O/c1-5-21(14-9-7-6-8-10-14)17-13(2)23-24-19(17)22-15-11-20(3,4)12-16(25)18(15)21/h6-10,18H,5,11-12H2,1-4H3,(H,23,24). The molecule has 2 aromatic rings. The zero-order valence-corrected chi connectivity index (χ0v) is 15.4. The fraction of sp³-hybridized carbons (Fsp3) is 0.476. The number of aliphatic imine (C=N–C) groups is 1. The molecular formula is C21H25N3O. The molecule has 1 N–H and O–H groups in total. The lowest BCUT2D eigenvalue weighted by atomic mass is 9.55. The number of nitrogens with zero attached hydrogens (tertiary/aromatic N) is 2. The zero-order valence-electron chi connectivity index (χ0n) is 15.4. The smallest absolute Gasteiger partial charge is 0.177 e. The molecule has 4 heteroatoms. The van der Waals surface area contributed by atoms with Gasteiger partial charge in [0.2, 0.25) is 0 Å². The number of aromatic nitrogens is 2. The molecule has 0 amide bonds. The minimum Gasteiger partial charge on any atom is -0.299 e. The highest BCUT2D eigenvalue weighted by Crippen LogP contribution is 2.54. The van der Waals surface area contributed by atoms with E-state index in [1.54, 1.807) is 0 Å². The Morgan fingerprint density at radius 2 is 1.92 bits per heavy atom. The van der Waals surface area contributed by atoms with Crippen molar-refractivity contribution in [3.8, 4) is 0 Å². The van der Waals surface area contributed by atoms with E-state index in [0.29, 0.717) is 12.2 Å². The van der Waals surface area contributed by atoms with Crippen molar-refractivity contribution < 1.29 is 4.79 Å². The predicted molar refractivity (Wildman–Crippen MR) is 99.4 cm³/mol. The van der Waals surface area contributed by atoms with Crippen LogP contribution in [0.3, 0.4) is 0 Å². The lowest BCUT2D eigenvalue weighted by Gasteiger charge is -2.47. The molecule has 0 bridgehead atoms. The largest absolute Gasteiger partial charge is 0.299 e. The third kappa shape index (κ3) is 2.23. The third-order valence-electron chi connectivity index (χ3n) is 5.93. The van der Waals surface area contributed by atoms with E-state index in [0.717, 1.165) is 35.6 Å². The molecule has 1 aromatic heterocycles. The Labute approximate surface area is 148 Å². The number of carbonyl (C=O) groups is 1. The van der Waals surface area contributed by atoms with Crippen molar-refractivity contribution in [2.24, 2.45) is 16.3 Å². The van der Waals surface area contributed by atoms with Crippen LogP contribution in [0.1, 0.15) is 56.9 Å². The molecule has 4 nitrogen and oxygen atoms in total. The third-order valence-corrected chi connectivity index (χ3v) is 5.93. The first kappa shape index (κ1) is 16.2. The van der Waals surface area contributed by atoms with Gasteiger partial charge in [-0.3, -0.25) is 9.89 Å². The molecule has 2 unspecified atom stereocenters. The van der Waals surface area contributed by atoms with E-state index < -0.39 is 0 Å². The summed E-state index contributed by atoms with van der Waals surface area (Å²) in [5.41, 5.74) is 3.90. The fourth-order valence-electron chi connectivity index (χ4n) is 5.02. The number of benzene rings is 1. The van der Waals surface area contributed by atoms with Gasteiger partial charge in [-0.05, 0) is 30.7 Å². The average Bonchev–Trinajstić information content (AvgIpc) is 2.94. The number of carbonyl (C=O) groups excluding carboxylic acids is 1. The molecule has 2 heterocycles. The topological polar surface area (TPSA) is 58.1 Å². The maximum atomic E-state index is 13.3. The van der Waals surface area contributed by atoms with Crippen molar-refractivity contribution in [3.05, 3.63) is 47.2 Å². The van der Waals surface area contributed by atoms with Crippen LogP contribution in [-0.2, 0) is 10.2 Å². The van der Waals surface area contributed by atoms with Gasteiger partial charge in [0.25, 0.3) is 0 Å². The second-order valence-electron chi connectivity index (χ2n) is 8.26. The van der Waals surface area contributed by atoms with E-state index in [1.807, 2.05) is 13.0 Å². The highest BCUT2D eigenvalue weighted by Gasteiger charge is 2.55. The Balaban J connectivity index is 2.03. The Morgan fingerprint density at radius 3 is 2.60 bits per heavy atom. The first-order valence-corrected chi connectivity index (χ1v) is 9.10. The lowest BCUT2D eigenvalue weighted by Crippen LogP contribution is -2.51. The molecule has 2 aliphatic rings. The number of aromatic amines is 1. The molecule has 1 aliphatic heterocycles. The zero-order chi connectivity index (χ0) is 17.8. The van der Waals surface area contributed by atoms with Crippen LogP contribution in [0.15, 0.2) is 35.3 Å². The Kier molecular flexibility index (Phi) is 3.50. The SMILES string of the molecule is CCC1(c2ccccc2)c2c(n[nH]c2C)N=C2CC(C)(C)CC(=O)C21. The minimum absolute atomic E-state index is 0.0363. The quantitative estimate of drug-likeness (QED) is 0.878. The van der Waals surface area contributed by atoms with Gasteiger partial charge < -0.3 is 0 Å². The first-order valence-electron chi connectivity index (χ1n) is 9.10. The molecule has 2 atom stereocenters. The van der Waals surface area contributed by atoms with Crippen molar-refractivity contribution in [1.82, 2.24) is 10.2 Å². The number of hydrogen-bond donors (Lipinski definition) is 1. The van der Waals surface area contributed by atoms with Crippen molar-refractivity contribution in [2.45, 2.75) is 52.4 Å². The molecule has 1 aliphatic carbocycles. The summed E-state index contributed by atoms with van der Waals surface area (Å²) in [7, 11) is 0. The summed E-state index contributed by atoms with van der Waals surface area (Å²) in [5.74, 6) is 0.892. The van der Waals surface area contributed by atoms with Crippen molar-refractivity contribution in [1.29, 1.82) is 0 Å². The minimum atomic E-state index is -0.377. The van der Waals surface area contributed by atoms with Crippen LogP contribution >= 0.6 is 0 Å². The van der Waals surface area contributed by atoms with Crippen molar-refractivity contribution in [3.63, 3.8) is 0 Å². The van der Waals surface area contributed by atoms with E-state index in [-0.39, 0.29) is 16.7 Å². The molecule has 1 aromatic carbocycles. The van der Waals surface area contributed by atoms with Crippen molar-refractivity contribution >= 4 is 17.3 Å². The van der Waals surface area contributed by atoms with E-state index in [4.69, 9.17) is 4.99 Å². The van der Waals surface area contributed by atoms with Crippen molar-refractivity contribution in [2.75, 3.05) is 0 Å². The highest BCUT2D eigenvalue weighted by molar-refractivity contribution is 6.11. The van der Waals surface area contributed by atoms with Gasteiger partial charge in [0.15, 0.2) is 5.82 Å². The highest BCUT2D eigenvalue weighted by atomic mass is 16.1. The number of Topliss-reactive ketones (excluding diaryl/α,β-unsaturated/α-hetero) is 1. The van der Waals surface area contributed by atoms with Crippen LogP contribution in [0.25, 0.3) is 0 Å². The number of nitrogens with one attached hydrogen (secondary N) is 1. The first-order chi connectivity index (χ1) is 11.9. The normalized spacial score (nSPS) is 27.4. The Morgan fingerprint density at radius 1 is 1.20 bits per heavy atom. The van der Waals surface area contributed by atoms with Crippen LogP contribution in [-0.4, -0.2) is 21.7 Å². The van der Waals surface area contributed by atoms with Gasteiger partial charge in [-0.25, -0.2) is 4.99 Å². The molecule has 4 rings (SSSR count). The van der Waals surface area contributed by atoms with E-state index in [2.05, 4.69) is 55.2 Å². The molecular weight excluding hydrogens is 310 g/mol. The molecule has 25 heavy (non-hydrogen) atoms. The van der Waals surface area contributed by atoms with Gasteiger partial charge in [-0.15, -0.1) is 0 Å². The summed E-state index contributed by atoms with van der Waals surface area (Å²) < 4.78 is 0. The second-order valence-corrected chi connectivity index (χ2v) is 8.26. The van der Waals surface area contributed by atoms with Gasteiger partial charge in [-0.1, -0.05) is 51.1 Å². The molecule has 0 spiro atoms. The van der Waals surface area contributed by atoms with Gasteiger partial charge >= 0.3 is 0 Å². The molecule has 1 saturated carbocycles. The van der Waals surface area contributed by atoms with Gasteiger partial charge in [0, 0.05) is 28.8 Å². The van der Waals surface area contributed by atoms with Crippen LogP contribution in [0.5, 0.6) is 0 Å². The number of rotatable bonds is 2. The maximum absolute atomic E-state index is 13.3. The number of H-pyrrole nitrogens is 1. The number of fused-ring (bicyclic) bond motifs is 2. The fourth-order valence-corrected chi connectivity index (χ4v) is 5.02. The van der Waals surface area contributed by atoms with E-state index in [9.17, 15) is 4.79 Å². The number of hydrogen-bond acceptors (Lipinski definition) is 3. The summed E-state index contributed by atoms with van der Waals surface area (Å²) in [6.07, 6.45) is 2.31.